The van der Waals surface area contributed by atoms with Gasteiger partial charge in [0.1, 0.15) is 6.23 Å². The first-order valence-corrected chi connectivity index (χ1v) is 7.23. The molecule has 2 heterocycles. The van der Waals surface area contributed by atoms with Gasteiger partial charge in [0.15, 0.2) is 0 Å². The molecule has 1 aliphatic rings. The number of nitrogens with zero attached hydrogens (tertiary/aromatic N) is 2. The zero-order chi connectivity index (χ0) is 13.8. The van der Waals surface area contributed by atoms with Gasteiger partial charge in [0.25, 0.3) is 0 Å². The van der Waals surface area contributed by atoms with Crippen molar-refractivity contribution < 1.29 is 9.84 Å². The molecule has 1 fully saturated rings. The minimum Gasteiger partial charge on any atom is -0.396 e. The van der Waals surface area contributed by atoms with Crippen LogP contribution < -0.4 is 0 Å². The summed E-state index contributed by atoms with van der Waals surface area (Å²) in [4.78, 5) is 0. The molecule has 1 aromatic carbocycles. The molecule has 1 N–H and O–H groups in total. The first-order valence-electron chi connectivity index (χ1n) is 7.23. The molecular weight excluding hydrogens is 252 g/mol. The molecule has 1 aromatic heterocycles. The van der Waals surface area contributed by atoms with E-state index in [2.05, 4.69) is 17.2 Å². The Morgan fingerprint density at radius 3 is 3.05 bits per heavy atom. The zero-order valence-corrected chi connectivity index (χ0v) is 11.5. The fourth-order valence-corrected chi connectivity index (χ4v) is 2.61. The van der Waals surface area contributed by atoms with E-state index in [1.54, 1.807) is 0 Å². The van der Waals surface area contributed by atoms with E-state index in [1.807, 2.05) is 29.2 Å². The largest absolute Gasteiger partial charge is 0.396 e. The lowest BCUT2D eigenvalue weighted by Gasteiger charge is -2.22. The molecule has 0 radical (unpaired) electrons. The molecule has 4 nitrogen and oxygen atoms in total. The van der Waals surface area contributed by atoms with Crippen molar-refractivity contribution in [2.24, 2.45) is 0 Å². The molecule has 1 aliphatic heterocycles. The van der Waals surface area contributed by atoms with E-state index < -0.39 is 0 Å². The third-order valence-corrected chi connectivity index (χ3v) is 3.71. The Bertz CT molecular complexity index is 559. The van der Waals surface area contributed by atoms with E-state index in [0.29, 0.717) is 6.42 Å². The second kappa shape index (κ2) is 6.20. The number of ether oxygens (including phenoxy) is 1. The normalized spacial score (nSPS) is 19.1. The molecule has 0 spiro atoms. The Kier molecular flexibility index (Phi) is 4.14. The maximum atomic E-state index is 9.02. The minimum absolute atomic E-state index is 0.0816. The lowest BCUT2D eigenvalue weighted by molar-refractivity contribution is -0.0394. The van der Waals surface area contributed by atoms with Crippen molar-refractivity contribution in [3.63, 3.8) is 0 Å². The van der Waals surface area contributed by atoms with Crippen molar-refractivity contribution in [2.45, 2.75) is 31.9 Å². The first-order chi connectivity index (χ1) is 9.86. The molecule has 106 valence electrons. The average Bonchev–Trinajstić information content (AvgIpc) is 2.99. The number of aliphatic hydroxyl groups is 1. The number of benzene rings is 1. The van der Waals surface area contributed by atoms with Crippen LogP contribution in [0.15, 0.2) is 36.7 Å². The zero-order valence-electron chi connectivity index (χ0n) is 11.5. The first kappa shape index (κ1) is 13.3. The SMILES string of the molecule is OCCc1cccc(-c2cnn(C3CCCCO3)c2)c1. The van der Waals surface area contributed by atoms with Gasteiger partial charge in [-0.3, -0.25) is 0 Å². The van der Waals surface area contributed by atoms with Crippen LogP contribution in [-0.4, -0.2) is 28.1 Å². The van der Waals surface area contributed by atoms with Gasteiger partial charge in [-0.25, -0.2) is 4.68 Å². The Hall–Kier alpha value is -1.65. The number of hydrogen-bond acceptors (Lipinski definition) is 3. The molecule has 3 rings (SSSR count). The highest BCUT2D eigenvalue weighted by Crippen LogP contribution is 2.25. The highest BCUT2D eigenvalue weighted by Gasteiger charge is 2.16. The van der Waals surface area contributed by atoms with Gasteiger partial charge < -0.3 is 9.84 Å². The van der Waals surface area contributed by atoms with Gasteiger partial charge in [0.05, 0.1) is 6.20 Å². The van der Waals surface area contributed by atoms with Gasteiger partial charge in [0.2, 0.25) is 0 Å². The summed E-state index contributed by atoms with van der Waals surface area (Å²) in [5, 5.41) is 13.5. The van der Waals surface area contributed by atoms with Crippen molar-refractivity contribution >= 4 is 0 Å². The summed E-state index contributed by atoms with van der Waals surface area (Å²) in [7, 11) is 0. The van der Waals surface area contributed by atoms with E-state index in [4.69, 9.17) is 9.84 Å². The molecule has 4 heteroatoms. The second-order valence-corrected chi connectivity index (χ2v) is 5.20. The van der Waals surface area contributed by atoms with Gasteiger partial charge in [-0.2, -0.15) is 5.10 Å². The van der Waals surface area contributed by atoms with Gasteiger partial charge >= 0.3 is 0 Å². The van der Waals surface area contributed by atoms with Crippen LogP contribution in [0, 0.1) is 0 Å². The third kappa shape index (κ3) is 2.92. The summed E-state index contributed by atoms with van der Waals surface area (Å²) in [6.45, 7) is 1.00. The maximum absolute atomic E-state index is 9.02. The summed E-state index contributed by atoms with van der Waals surface area (Å²) in [5.41, 5.74) is 3.38. The monoisotopic (exact) mass is 272 g/mol. The van der Waals surface area contributed by atoms with Gasteiger partial charge in [-0.15, -0.1) is 0 Å². The van der Waals surface area contributed by atoms with Crippen molar-refractivity contribution in [1.29, 1.82) is 0 Å². The number of hydrogen-bond donors (Lipinski definition) is 1. The van der Waals surface area contributed by atoms with E-state index in [0.717, 1.165) is 36.1 Å². The molecule has 2 aromatic rings. The Morgan fingerprint density at radius 1 is 1.30 bits per heavy atom. The molecular formula is C16H20N2O2. The third-order valence-electron chi connectivity index (χ3n) is 3.71. The highest BCUT2D eigenvalue weighted by atomic mass is 16.5. The van der Waals surface area contributed by atoms with Crippen LogP contribution in [0.5, 0.6) is 0 Å². The molecule has 0 saturated carbocycles. The molecule has 1 atom stereocenters. The molecule has 0 aliphatic carbocycles. The molecule has 1 saturated heterocycles. The van der Waals surface area contributed by atoms with Crippen LogP contribution >= 0.6 is 0 Å². The quantitative estimate of drug-likeness (QED) is 0.931. The summed E-state index contributed by atoms with van der Waals surface area (Å²) < 4.78 is 7.67. The second-order valence-electron chi connectivity index (χ2n) is 5.20. The Morgan fingerprint density at radius 2 is 2.25 bits per heavy atom. The van der Waals surface area contributed by atoms with E-state index in [1.165, 1.54) is 6.42 Å². The van der Waals surface area contributed by atoms with E-state index in [9.17, 15) is 0 Å². The molecule has 0 amide bonds. The summed E-state index contributed by atoms with van der Waals surface area (Å²) in [6, 6.07) is 8.24. The maximum Gasteiger partial charge on any atom is 0.150 e. The predicted octanol–water partition coefficient (Wildman–Crippen LogP) is 2.78. The van der Waals surface area contributed by atoms with E-state index >= 15 is 0 Å². The smallest absolute Gasteiger partial charge is 0.150 e. The van der Waals surface area contributed by atoms with Crippen molar-refractivity contribution in [1.82, 2.24) is 9.78 Å². The Balaban J connectivity index is 1.80. The summed E-state index contributed by atoms with van der Waals surface area (Å²) in [6.07, 6.45) is 8.08. The average molecular weight is 272 g/mol. The number of aromatic nitrogens is 2. The van der Waals surface area contributed by atoms with Crippen LogP contribution in [0.25, 0.3) is 11.1 Å². The number of aliphatic hydroxyl groups excluding tert-OH is 1. The van der Waals surface area contributed by atoms with Crippen molar-refractivity contribution in [3.8, 4) is 11.1 Å². The van der Waals surface area contributed by atoms with Crippen LogP contribution in [0.2, 0.25) is 0 Å². The Labute approximate surface area is 119 Å². The standard InChI is InChI=1S/C16H20N2O2/c19-8-7-13-4-3-5-14(10-13)15-11-17-18(12-15)16-6-1-2-9-20-16/h3-5,10-12,16,19H,1-2,6-9H2. The van der Waals surface area contributed by atoms with Crippen molar-refractivity contribution in [2.75, 3.05) is 13.2 Å². The fraction of sp³-hybridized carbons (Fsp3) is 0.438. The van der Waals surface area contributed by atoms with Crippen LogP contribution in [0.4, 0.5) is 0 Å². The topological polar surface area (TPSA) is 47.3 Å². The van der Waals surface area contributed by atoms with E-state index in [-0.39, 0.29) is 12.8 Å². The van der Waals surface area contributed by atoms with Crippen molar-refractivity contribution in [3.05, 3.63) is 42.2 Å². The van der Waals surface area contributed by atoms with Crippen LogP contribution in [0.3, 0.4) is 0 Å². The fourth-order valence-electron chi connectivity index (χ4n) is 2.61. The van der Waals surface area contributed by atoms with Gasteiger partial charge in [0, 0.05) is 25.0 Å². The molecule has 1 unspecified atom stereocenters. The van der Waals surface area contributed by atoms with Gasteiger partial charge in [-0.1, -0.05) is 24.3 Å². The minimum atomic E-state index is 0.0816. The molecule has 20 heavy (non-hydrogen) atoms. The predicted molar refractivity (Wildman–Crippen MR) is 77.3 cm³/mol. The van der Waals surface area contributed by atoms with Crippen LogP contribution in [-0.2, 0) is 11.2 Å². The number of rotatable bonds is 4. The summed E-state index contributed by atoms with van der Waals surface area (Å²) in [5.74, 6) is 0. The lowest BCUT2D eigenvalue weighted by atomic mass is 10.0. The molecule has 0 bridgehead atoms. The summed E-state index contributed by atoms with van der Waals surface area (Å²) >= 11 is 0. The lowest BCUT2D eigenvalue weighted by Crippen LogP contribution is -2.18. The highest BCUT2D eigenvalue weighted by molar-refractivity contribution is 5.62. The van der Waals surface area contributed by atoms with Gasteiger partial charge in [-0.05, 0) is 36.8 Å². The van der Waals surface area contributed by atoms with Crippen LogP contribution in [0.1, 0.15) is 31.1 Å².